The summed E-state index contributed by atoms with van der Waals surface area (Å²) in [6.07, 6.45) is 8.66. The summed E-state index contributed by atoms with van der Waals surface area (Å²) >= 11 is 0. The number of hydrogen-bond donors (Lipinski definition) is 1. The highest BCUT2D eigenvalue weighted by Crippen LogP contribution is 2.18. The van der Waals surface area contributed by atoms with Gasteiger partial charge in [0.1, 0.15) is 5.76 Å². The number of aromatic nitrogens is 1. The first kappa shape index (κ1) is 15.5. The zero-order valence-corrected chi connectivity index (χ0v) is 13.1. The number of oxazole rings is 1. The van der Waals surface area contributed by atoms with Crippen molar-refractivity contribution in [1.29, 1.82) is 0 Å². The van der Waals surface area contributed by atoms with Crippen LogP contribution in [0.3, 0.4) is 0 Å². The Balaban J connectivity index is 1.64. The van der Waals surface area contributed by atoms with E-state index in [0.717, 1.165) is 50.5 Å². The van der Waals surface area contributed by atoms with Gasteiger partial charge < -0.3 is 14.5 Å². The molecule has 2 heterocycles. The number of aryl methyl sites for hydroxylation is 2. The predicted octanol–water partition coefficient (Wildman–Crippen LogP) is 3.11. The smallest absolute Gasteiger partial charge is 0.194 e. The first-order valence-electron chi connectivity index (χ1n) is 7.83. The van der Waals surface area contributed by atoms with Crippen LogP contribution in [0.25, 0.3) is 0 Å². The van der Waals surface area contributed by atoms with Crippen LogP contribution in [0.1, 0.15) is 58.1 Å². The number of hydrogen-bond acceptors (Lipinski definition) is 4. The average molecular weight is 280 g/mol. The fourth-order valence-electron chi connectivity index (χ4n) is 2.46. The molecule has 0 aromatic carbocycles. The largest absolute Gasteiger partial charge is 0.446 e. The predicted molar refractivity (Wildman–Crippen MR) is 79.9 cm³/mol. The van der Waals surface area contributed by atoms with Crippen LogP contribution >= 0.6 is 0 Å². The summed E-state index contributed by atoms with van der Waals surface area (Å²) in [7, 11) is 0. The topological polar surface area (TPSA) is 47.3 Å². The summed E-state index contributed by atoms with van der Waals surface area (Å²) in [5, 5.41) is 3.48. The molecule has 114 valence electrons. The van der Waals surface area contributed by atoms with E-state index in [-0.39, 0.29) is 5.54 Å². The molecule has 2 rings (SSSR count). The standard InChI is InChI=1S/C16H28N2O2/c1-16(2,3)18-10-4-7-15-17-12-14(20-15)9-8-13-6-5-11-19-13/h12-13,18H,4-11H2,1-3H3. The molecule has 1 fully saturated rings. The number of ether oxygens (including phenoxy) is 1. The molecule has 1 aromatic heterocycles. The summed E-state index contributed by atoms with van der Waals surface area (Å²) in [6.45, 7) is 8.47. The van der Waals surface area contributed by atoms with Gasteiger partial charge in [0.2, 0.25) is 0 Å². The molecule has 0 bridgehead atoms. The molecule has 0 radical (unpaired) electrons. The summed E-state index contributed by atoms with van der Waals surface area (Å²) in [6, 6.07) is 0. The molecule has 1 aromatic rings. The van der Waals surface area contributed by atoms with E-state index in [0.29, 0.717) is 6.10 Å². The van der Waals surface area contributed by atoms with Gasteiger partial charge in [-0.25, -0.2) is 4.98 Å². The van der Waals surface area contributed by atoms with Crippen molar-refractivity contribution in [3.63, 3.8) is 0 Å². The molecule has 20 heavy (non-hydrogen) atoms. The van der Waals surface area contributed by atoms with Crippen LogP contribution in [-0.2, 0) is 17.6 Å². The molecule has 1 N–H and O–H groups in total. The highest BCUT2D eigenvalue weighted by molar-refractivity contribution is 4.95. The van der Waals surface area contributed by atoms with E-state index in [1.165, 1.54) is 12.8 Å². The Morgan fingerprint density at radius 1 is 1.35 bits per heavy atom. The fourth-order valence-corrected chi connectivity index (χ4v) is 2.46. The van der Waals surface area contributed by atoms with Crippen molar-refractivity contribution in [3.8, 4) is 0 Å². The quantitative estimate of drug-likeness (QED) is 0.780. The first-order valence-corrected chi connectivity index (χ1v) is 7.83. The summed E-state index contributed by atoms with van der Waals surface area (Å²) < 4.78 is 11.4. The number of nitrogens with zero attached hydrogens (tertiary/aromatic N) is 1. The lowest BCUT2D eigenvalue weighted by molar-refractivity contribution is 0.103. The molecule has 1 unspecified atom stereocenters. The maximum atomic E-state index is 5.78. The maximum Gasteiger partial charge on any atom is 0.194 e. The second-order valence-electron chi connectivity index (χ2n) is 6.67. The van der Waals surface area contributed by atoms with Gasteiger partial charge in [-0.1, -0.05) is 0 Å². The fraction of sp³-hybridized carbons (Fsp3) is 0.812. The Morgan fingerprint density at radius 3 is 2.90 bits per heavy atom. The van der Waals surface area contributed by atoms with Gasteiger partial charge in [0, 0.05) is 25.0 Å². The van der Waals surface area contributed by atoms with E-state index in [1.807, 2.05) is 6.20 Å². The lowest BCUT2D eigenvalue weighted by Crippen LogP contribution is -2.36. The minimum absolute atomic E-state index is 0.184. The van der Waals surface area contributed by atoms with Gasteiger partial charge in [0.05, 0.1) is 12.3 Å². The molecule has 0 amide bonds. The molecule has 4 nitrogen and oxygen atoms in total. The Labute approximate surface area is 122 Å². The minimum atomic E-state index is 0.184. The van der Waals surface area contributed by atoms with E-state index in [2.05, 4.69) is 31.1 Å². The molecule has 1 atom stereocenters. The third-order valence-electron chi connectivity index (χ3n) is 3.56. The van der Waals surface area contributed by atoms with Gasteiger partial charge >= 0.3 is 0 Å². The van der Waals surface area contributed by atoms with E-state index in [4.69, 9.17) is 9.15 Å². The van der Waals surface area contributed by atoms with E-state index in [9.17, 15) is 0 Å². The SMILES string of the molecule is CC(C)(C)NCCCc1ncc(CCC2CCCO2)o1. The first-order chi connectivity index (χ1) is 9.53. The van der Waals surface area contributed by atoms with Crippen LogP contribution in [0, 0.1) is 0 Å². The molecule has 4 heteroatoms. The molecular formula is C16H28N2O2. The minimum Gasteiger partial charge on any atom is -0.446 e. The van der Waals surface area contributed by atoms with Crippen molar-refractivity contribution < 1.29 is 9.15 Å². The van der Waals surface area contributed by atoms with E-state index in [1.54, 1.807) is 0 Å². The van der Waals surface area contributed by atoms with Gasteiger partial charge in [0.15, 0.2) is 5.89 Å². The Bertz CT molecular complexity index is 389. The van der Waals surface area contributed by atoms with Gasteiger partial charge in [-0.2, -0.15) is 0 Å². The second kappa shape index (κ2) is 7.23. The van der Waals surface area contributed by atoms with Crippen LogP contribution in [0.5, 0.6) is 0 Å². The van der Waals surface area contributed by atoms with E-state index < -0.39 is 0 Å². The number of rotatable bonds is 7. The number of nitrogens with one attached hydrogen (secondary N) is 1. The third-order valence-corrected chi connectivity index (χ3v) is 3.56. The van der Waals surface area contributed by atoms with Crippen LogP contribution in [0.15, 0.2) is 10.6 Å². The van der Waals surface area contributed by atoms with Gasteiger partial charge in [0.25, 0.3) is 0 Å². The second-order valence-corrected chi connectivity index (χ2v) is 6.67. The summed E-state index contributed by atoms with van der Waals surface area (Å²) in [5.74, 6) is 1.86. The summed E-state index contributed by atoms with van der Waals surface area (Å²) in [4.78, 5) is 4.36. The lowest BCUT2D eigenvalue weighted by atomic mass is 10.1. The van der Waals surface area contributed by atoms with Gasteiger partial charge in [-0.3, -0.25) is 0 Å². The Morgan fingerprint density at radius 2 is 2.20 bits per heavy atom. The zero-order valence-electron chi connectivity index (χ0n) is 13.1. The Hall–Kier alpha value is -0.870. The molecule has 1 saturated heterocycles. The van der Waals surface area contributed by atoms with Crippen LogP contribution in [-0.4, -0.2) is 29.8 Å². The zero-order chi connectivity index (χ0) is 14.4. The van der Waals surface area contributed by atoms with Crippen LogP contribution in [0.4, 0.5) is 0 Å². The molecule has 0 saturated carbocycles. The molecule has 1 aliphatic heterocycles. The monoisotopic (exact) mass is 280 g/mol. The van der Waals surface area contributed by atoms with Crippen molar-refractivity contribution in [3.05, 3.63) is 17.8 Å². The highest BCUT2D eigenvalue weighted by atomic mass is 16.5. The van der Waals surface area contributed by atoms with Crippen LogP contribution < -0.4 is 5.32 Å². The van der Waals surface area contributed by atoms with Gasteiger partial charge in [-0.05, 0) is 53.0 Å². The van der Waals surface area contributed by atoms with Crippen molar-refractivity contribution in [1.82, 2.24) is 10.3 Å². The van der Waals surface area contributed by atoms with Crippen LogP contribution in [0.2, 0.25) is 0 Å². The normalized spacial score (nSPS) is 19.6. The average Bonchev–Trinajstić information content (AvgIpc) is 3.02. The Kier molecular flexibility index (Phi) is 5.61. The molecule has 0 aliphatic carbocycles. The third kappa shape index (κ3) is 5.63. The molecule has 0 spiro atoms. The highest BCUT2D eigenvalue weighted by Gasteiger charge is 2.16. The summed E-state index contributed by atoms with van der Waals surface area (Å²) in [5.41, 5.74) is 0.184. The van der Waals surface area contributed by atoms with Crippen molar-refractivity contribution in [2.45, 2.75) is 70.9 Å². The van der Waals surface area contributed by atoms with Crippen molar-refractivity contribution in [2.24, 2.45) is 0 Å². The lowest BCUT2D eigenvalue weighted by Gasteiger charge is -2.20. The molecule has 1 aliphatic rings. The van der Waals surface area contributed by atoms with E-state index >= 15 is 0 Å². The molecular weight excluding hydrogens is 252 g/mol. The van der Waals surface area contributed by atoms with Crippen molar-refractivity contribution in [2.75, 3.05) is 13.2 Å². The van der Waals surface area contributed by atoms with Crippen molar-refractivity contribution >= 4 is 0 Å². The van der Waals surface area contributed by atoms with Gasteiger partial charge in [-0.15, -0.1) is 0 Å². The maximum absolute atomic E-state index is 5.78.